The van der Waals surface area contributed by atoms with Crippen molar-refractivity contribution < 1.29 is 13.3 Å². The first kappa shape index (κ1) is 13.2. The van der Waals surface area contributed by atoms with Crippen molar-refractivity contribution in [1.29, 1.82) is 0 Å². The summed E-state index contributed by atoms with van der Waals surface area (Å²) in [6.45, 7) is 0.451. The van der Waals surface area contributed by atoms with Gasteiger partial charge in [0, 0.05) is 12.1 Å². The maximum Gasteiger partial charge on any atom is 0.234 e. The van der Waals surface area contributed by atoms with Gasteiger partial charge in [-0.2, -0.15) is 4.98 Å². The number of benzene rings is 1. The van der Waals surface area contributed by atoms with E-state index in [0.29, 0.717) is 18.0 Å². The normalized spacial score (nSPS) is 17.6. The molecular weight excluding hydrogens is 264 g/mol. The molecule has 3 rings (SSSR count). The molecule has 1 aromatic carbocycles. The standard InChI is InChI=1S/C14H15F2N3O/c15-10-4-3-9(7-11(10)16)12-18-13(20-19-12)14(8-17)5-1-2-6-14/h3-4,7H,1-2,5-6,8,17H2. The summed E-state index contributed by atoms with van der Waals surface area (Å²) in [6, 6.07) is 3.54. The Hall–Kier alpha value is -1.82. The van der Waals surface area contributed by atoms with Crippen LogP contribution in [-0.4, -0.2) is 16.7 Å². The smallest absolute Gasteiger partial charge is 0.234 e. The van der Waals surface area contributed by atoms with Crippen molar-refractivity contribution in [3.8, 4) is 11.4 Å². The minimum atomic E-state index is -0.928. The molecule has 0 aliphatic heterocycles. The number of halogens is 2. The van der Waals surface area contributed by atoms with E-state index in [2.05, 4.69) is 10.1 Å². The molecule has 1 heterocycles. The summed E-state index contributed by atoms with van der Waals surface area (Å²) in [5.74, 6) is -1.06. The van der Waals surface area contributed by atoms with Gasteiger partial charge in [-0.3, -0.25) is 0 Å². The van der Waals surface area contributed by atoms with E-state index in [9.17, 15) is 8.78 Å². The minimum Gasteiger partial charge on any atom is -0.338 e. The van der Waals surface area contributed by atoms with Crippen molar-refractivity contribution in [1.82, 2.24) is 10.1 Å². The van der Waals surface area contributed by atoms with Crippen molar-refractivity contribution >= 4 is 0 Å². The molecule has 0 bridgehead atoms. The van der Waals surface area contributed by atoms with E-state index in [1.165, 1.54) is 6.07 Å². The topological polar surface area (TPSA) is 64.9 Å². The van der Waals surface area contributed by atoms with Gasteiger partial charge < -0.3 is 10.3 Å². The molecule has 1 fully saturated rings. The molecule has 1 saturated carbocycles. The van der Waals surface area contributed by atoms with Crippen LogP contribution in [0.15, 0.2) is 22.7 Å². The van der Waals surface area contributed by atoms with Gasteiger partial charge in [0.05, 0.1) is 5.41 Å². The Balaban J connectivity index is 1.95. The van der Waals surface area contributed by atoms with E-state index in [0.717, 1.165) is 37.8 Å². The fourth-order valence-corrected chi connectivity index (χ4v) is 2.75. The van der Waals surface area contributed by atoms with Crippen LogP contribution in [0.1, 0.15) is 31.6 Å². The van der Waals surface area contributed by atoms with Crippen LogP contribution in [0.3, 0.4) is 0 Å². The van der Waals surface area contributed by atoms with Gasteiger partial charge in [-0.25, -0.2) is 8.78 Å². The molecule has 2 aromatic rings. The fourth-order valence-electron chi connectivity index (χ4n) is 2.75. The second-order valence-corrected chi connectivity index (χ2v) is 5.24. The van der Waals surface area contributed by atoms with Gasteiger partial charge in [0.25, 0.3) is 0 Å². The average molecular weight is 279 g/mol. The predicted molar refractivity (Wildman–Crippen MR) is 68.9 cm³/mol. The summed E-state index contributed by atoms with van der Waals surface area (Å²) in [6.07, 6.45) is 4.01. The van der Waals surface area contributed by atoms with Crippen molar-refractivity contribution in [2.24, 2.45) is 5.73 Å². The highest BCUT2D eigenvalue weighted by molar-refractivity contribution is 5.54. The van der Waals surface area contributed by atoms with Gasteiger partial charge in [-0.15, -0.1) is 0 Å². The molecule has 0 spiro atoms. The molecule has 6 heteroatoms. The molecule has 1 aliphatic carbocycles. The van der Waals surface area contributed by atoms with Crippen LogP contribution in [0.4, 0.5) is 8.78 Å². The van der Waals surface area contributed by atoms with Crippen LogP contribution in [0.5, 0.6) is 0 Å². The summed E-state index contributed by atoms with van der Waals surface area (Å²) in [5.41, 5.74) is 5.99. The third-order valence-electron chi connectivity index (χ3n) is 4.01. The summed E-state index contributed by atoms with van der Waals surface area (Å²) in [5, 5.41) is 3.86. The molecule has 2 N–H and O–H groups in total. The second kappa shape index (κ2) is 4.94. The molecule has 1 aliphatic rings. The molecule has 0 amide bonds. The van der Waals surface area contributed by atoms with Crippen LogP contribution in [0.25, 0.3) is 11.4 Å². The van der Waals surface area contributed by atoms with Crippen LogP contribution in [-0.2, 0) is 5.41 Å². The molecule has 0 radical (unpaired) electrons. The average Bonchev–Trinajstić information content (AvgIpc) is 3.10. The summed E-state index contributed by atoms with van der Waals surface area (Å²) < 4.78 is 31.5. The fraction of sp³-hybridized carbons (Fsp3) is 0.429. The van der Waals surface area contributed by atoms with Crippen molar-refractivity contribution in [2.75, 3.05) is 6.54 Å². The quantitative estimate of drug-likeness (QED) is 0.938. The highest BCUT2D eigenvalue weighted by Gasteiger charge is 2.39. The number of rotatable bonds is 3. The molecule has 4 nitrogen and oxygen atoms in total. The van der Waals surface area contributed by atoms with Gasteiger partial charge in [0.2, 0.25) is 11.7 Å². The van der Waals surface area contributed by atoms with Gasteiger partial charge in [-0.1, -0.05) is 18.0 Å². The largest absolute Gasteiger partial charge is 0.338 e. The molecule has 0 saturated heterocycles. The molecular formula is C14H15F2N3O. The van der Waals surface area contributed by atoms with E-state index in [-0.39, 0.29) is 11.2 Å². The number of nitrogens with zero attached hydrogens (tertiary/aromatic N) is 2. The lowest BCUT2D eigenvalue weighted by atomic mass is 9.86. The van der Waals surface area contributed by atoms with Crippen LogP contribution in [0, 0.1) is 11.6 Å². The monoisotopic (exact) mass is 279 g/mol. The van der Waals surface area contributed by atoms with Crippen molar-refractivity contribution in [3.63, 3.8) is 0 Å². The third kappa shape index (κ3) is 2.10. The molecule has 1 aromatic heterocycles. The Morgan fingerprint density at radius 1 is 1.20 bits per heavy atom. The SMILES string of the molecule is NCC1(c2nc(-c3ccc(F)c(F)c3)no2)CCCC1. The van der Waals surface area contributed by atoms with Gasteiger partial charge in [0.15, 0.2) is 11.6 Å². The zero-order chi connectivity index (χ0) is 14.2. The van der Waals surface area contributed by atoms with Crippen molar-refractivity contribution in [3.05, 3.63) is 35.7 Å². The second-order valence-electron chi connectivity index (χ2n) is 5.24. The van der Waals surface area contributed by atoms with Crippen molar-refractivity contribution in [2.45, 2.75) is 31.1 Å². The Labute approximate surface area is 115 Å². The van der Waals surface area contributed by atoms with Crippen LogP contribution in [0.2, 0.25) is 0 Å². The van der Waals surface area contributed by atoms with E-state index >= 15 is 0 Å². The lowest BCUT2D eigenvalue weighted by Crippen LogP contribution is -2.32. The summed E-state index contributed by atoms with van der Waals surface area (Å²) in [7, 11) is 0. The first-order valence-electron chi connectivity index (χ1n) is 6.64. The third-order valence-corrected chi connectivity index (χ3v) is 4.01. The summed E-state index contributed by atoms with van der Waals surface area (Å²) in [4.78, 5) is 4.33. The lowest BCUT2D eigenvalue weighted by Gasteiger charge is -2.21. The Bertz CT molecular complexity index is 621. The highest BCUT2D eigenvalue weighted by Crippen LogP contribution is 2.39. The van der Waals surface area contributed by atoms with Crippen LogP contribution >= 0.6 is 0 Å². The molecule has 0 atom stereocenters. The van der Waals surface area contributed by atoms with E-state index in [1.54, 1.807) is 0 Å². The zero-order valence-corrected chi connectivity index (χ0v) is 10.9. The maximum absolute atomic E-state index is 13.2. The first-order valence-corrected chi connectivity index (χ1v) is 6.64. The lowest BCUT2D eigenvalue weighted by molar-refractivity contribution is 0.284. The van der Waals surface area contributed by atoms with E-state index in [1.807, 2.05) is 0 Å². The van der Waals surface area contributed by atoms with Gasteiger partial charge in [0.1, 0.15) is 0 Å². The zero-order valence-electron chi connectivity index (χ0n) is 10.9. The molecule has 106 valence electrons. The van der Waals surface area contributed by atoms with Gasteiger partial charge in [-0.05, 0) is 31.0 Å². The predicted octanol–water partition coefficient (Wildman–Crippen LogP) is 2.79. The van der Waals surface area contributed by atoms with E-state index in [4.69, 9.17) is 10.3 Å². The Morgan fingerprint density at radius 3 is 2.60 bits per heavy atom. The van der Waals surface area contributed by atoms with Crippen LogP contribution < -0.4 is 5.73 Å². The number of hydrogen-bond donors (Lipinski definition) is 1. The first-order chi connectivity index (χ1) is 9.64. The number of aromatic nitrogens is 2. The Morgan fingerprint density at radius 2 is 1.95 bits per heavy atom. The maximum atomic E-state index is 13.2. The van der Waals surface area contributed by atoms with E-state index < -0.39 is 11.6 Å². The highest BCUT2D eigenvalue weighted by atomic mass is 19.2. The Kier molecular flexibility index (Phi) is 3.25. The molecule has 20 heavy (non-hydrogen) atoms. The summed E-state index contributed by atoms with van der Waals surface area (Å²) >= 11 is 0. The minimum absolute atomic E-state index is 0.260. The van der Waals surface area contributed by atoms with Gasteiger partial charge >= 0.3 is 0 Å². The number of hydrogen-bond acceptors (Lipinski definition) is 4. The molecule has 0 unspecified atom stereocenters. The number of nitrogens with two attached hydrogens (primary N) is 1.